The van der Waals surface area contributed by atoms with E-state index in [0.29, 0.717) is 0 Å². The summed E-state index contributed by atoms with van der Waals surface area (Å²) in [4.78, 5) is 11.4. The van der Waals surface area contributed by atoms with Gasteiger partial charge in [-0.05, 0) is 18.9 Å². The van der Waals surface area contributed by atoms with Gasteiger partial charge in [-0.2, -0.15) is 0 Å². The monoisotopic (exact) mass is 205 g/mol. The Kier molecular flexibility index (Phi) is 4.35. The van der Waals surface area contributed by atoms with Crippen molar-refractivity contribution in [3.05, 3.63) is 35.9 Å². The zero-order valence-electron chi connectivity index (χ0n) is 9.66. The number of nitrogens with one attached hydrogen (secondary N) is 1. The van der Waals surface area contributed by atoms with Gasteiger partial charge in [0.2, 0.25) is 5.91 Å². The smallest absolute Gasteiger partial charge is 0.222 e. The largest absolute Gasteiger partial charge is 0.353 e. The van der Waals surface area contributed by atoms with Crippen LogP contribution in [-0.2, 0) is 11.2 Å². The molecule has 0 radical (unpaired) electrons. The van der Waals surface area contributed by atoms with Crippen LogP contribution in [0.2, 0.25) is 0 Å². The van der Waals surface area contributed by atoms with E-state index >= 15 is 0 Å². The van der Waals surface area contributed by atoms with Crippen LogP contribution < -0.4 is 5.32 Å². The Balaban J connectivity index is 2.43. The van der Waals surface area contributed by atoms with Gasteiger partial charge in [0.15, 0.2) is 0 Å². The SMILES string of the molecule is CC(Cc1ccccc1)NC(=O)C(C)C. The van der Waals surface area contributed by atoms with Crippen LogP contribution in [0.5, 0.6) is 0 Å². The lowest BCUT2D eigenvalue weighted by Gasteiger charge is -2.15. The van der Waals surface area contributed by atoms with Gasteiger partial charge < -0.3 is 5.32 Å². The molecule has 15 heavy (non-hydrogen) atoms. The van der Waals surface area contributed by atoms with Crippen LogP contribution in [0, 0.1) is 5.92 Å². The van der Waals surface area contributed by atoms with Crippen molar-refractivity contribution in [3.63, 3.8) is 0 Å². The molecule has 1 unspecified atom stereocenters. The van der Waals surface area contributed by atoms with Gasteiger partial charge in [-0.3, -0.25) is 4.79 Å². The van der Waals surface area contributed by atoms with Gasteiger partial charge in [-0.25, -0.2) is 0 Å². The van der Waals surface area contributed by atoms with E-state index in [2.05, 4.69) is 17.4 Å². The fourth-order valence-electron chi connectivity index (χ4n) is 1.43. The first-order valence-corrected chi connectivity index (χ1v) is 5.44. The molecule has 0 saturated heterocycles. The van der Waals surface area contributed by atoms with Crippen LogP contribution in [0.15, 0.2) is 30.3 Å². The molecule has 2 heteroatoms. The van der Waals surface area contributed by atoms with Crippen LogP contribution in [0.4, 0.5) is 0 Å². The third-order valence-electron chi connectivity index (χ3n) is 2.30. The lowest BCUT2D eigenvalue weighted by atomic mass is 10.1. The first-order chi connectivity index (χ1) is 7.09. The molecule has 2 nitrogen and oxygen atoms in total. The van der Waals surface area contributed by atoms with Gasteiger partial charge in [0.1, 0.15) is 0 Å². The molecule has 1 aromatic rings. The van der Waals surface area contributed by atoms with E-state index in [1.165, 1.54) is 5.56 Å². The number of carbonyl (C=O) groups excluding carboxylic acids is 1. The van der Waals surface area contributed by atoms with Crippen molar-refractivity contribution >= 4 is 5.91 Å². The summed E-state index contributed by atoms with van der Waals surface area (Å²) in [5, 5.41) is 2.99. The van der Waals surface area contributed by atoms with Gasteiger partial charge in [0, 0.05) is 12.0 Å². The number of rotatable bonds is 4. The average molecular weight is 205 g/mol. The van der Waals surface area contributed by atoms with E-state index in [1.807, 2.05) is 39.0 Å². The zero-order valence-corrected chi connectivity index (χ0v) is 9.66. The number of benzene rings is 1. The van der Waals surface area contributed by atoms with Crippen molar-refractivity contribution in [2.75, 3.05) is 0 Å². The van der Waals surface area contributed by atoms with Crippen LogP contribution in [0.25, 0.3) is 0 Å². The van der Waals surface area contributed by atoms with E-state index < -0.39 is 0 Å². The van der Waals surface area contributed by atoms with Crippen molar-refractivity contribution in [1.82, 2.24) is 5.32 Å². The first-order valence-electron chi connectivity index (χ1n) is 5.44. The van der Waals surface area contributed by atoms with E-state index in [1.54, 1.807) is 0 Å². The lowest BCUT2D eigenvalue weighted by molar-refractivity contribution is -0.124. The Morgan fingerprint density at radius 2 is 1.80 bits per heavy atom. The summed E-state index contributed by atoms with van der Waals surface area (Å²) in [6, 6.07) is 10.4. The summed E-state index contributed by atoms with van der Waals surface area (Å²) < 4.78 is 0. The second kappa shape index (κ2) is 5.54. The molecule has 0 saturated carbocycles. The Hall–Kier alpha value is -1.31. The summed E-state index contributed by atoms with van der Waals surface area (Å²) in [7, 11) is 0. The maximum atomic E-state index is 11.4. The standard InChI is InChI=1S/C13H19NO/c1-10(2)13(15)14-11(3)9-12-7-5-4-6-8-12/h4-8,10-11H,9H2,1-3H3,(H,14,15). The highest BCUT2D eigenvalue weighted by atomic mass is 16.1. The molecule has 0 spiro atoms. The molecule has 1 N–H and O–H groups in total. The molecule has 0 aromatic heterocycles. The van der Waals surface area contributed by atoms with Crippen molar-refractivity contribution in [2.24, 2.45) is 5.92 Å². The number of amides is 1. The molecular weight excluding hydrogens is 186 g/mol. The summed E-state index contributed by atoms with van der Waals surface area (Å²) in [5.74, 6) is 0.182. The quantitative estimate of drug-likeness (QED) is 0.803. The molecule has 0 heterocycles. The molecule has 82 valence electrons. The number of hydrogen-bond donors (Lipinski definition) is 1. The molecule has 1 atom stereocenters. The van der Waals surface area contributed by atoms with E-state index in [4.69, 9.17) is 0 Å². The summed E-state index contributed by atoms with van der Waals surface area (Å²) in [5.41, 5.74) is 1.26. The predicted molar refractivity (Wildman–Crippen MR) is 62.6 cm³/mol. The number of hydrogen-bond acceptors (Lipinski definition) is 1. The maximum absolute atomic E-state index is 11.4. The highest BCUT2D eigenvalue weighted by Crippen LogP contribution is 2.03. The Morgan fingerprint density at radius 3 is 2.33 bits per heavy atom. The fraction of sp³-hybridized carbons (Fsp3) is 0.462. The third kappa shape index (κ3) is 4.15. The second-order valence-electron chi connectivity index (χ2n) is 4.25. The van der Waals surface area contributed by atoms with Crippen molar-refractivity contribution in [3.8, 4) is 0 Å². The van der Waals surface area contributed by atoms with Gasteiger partial charge >= 0.3 is 0 Å². The molecule has 1 amide bonds. The third-order valence-corrected chi connectivity index (χ3v) is 2.30. The van der Waals surface area contributed by atoms with Gasteiger partial charge in [-0.15, -0.1) is 0 Å². The number of carbonyl (C=O) groups is 1. The van der Waals surface area contributed by atoms with Crippen molar-refractivity contribution in [2.45, 2.75) is 33.2 Å². The zero-order chi connectivity index (χ0) is 11.3. The summed E-state index contributed by atoms with van der Waals surface area (Å²) in [6.45, 7) is 5.85. The van der Waals surface area contributed by atoms with Crippen LogP contribution in [0.1, 0.15) is 26.3 Å². The Morgan fingerprint density at radius 1 is 1.20 bits per heavy atom. The minimum atomic E-state index is 0.0585. The van der Waals surface area contributed by atoms with Crippen LogP contribution in [0.3, 0.4) is 0 Å². The molecular formula is C13H19NO. The van der Waals surface area contributed by atoms with Crippen LogP contribution in [-0.4, -0.2) is 11.9 Å². The van der Waals surface area contributed by atoms with Crippen LogP contribution >= 0.6 is 0 Å². The molecule has 0 bridgehead atoms. The molecule has 1 rings (SSSR count). The predicted octanol–water partition coefficient (Wildman–Crippen LogP) is 2.39. The second-order valence-corrected chi connectivity index (χ2v) is 4.25. The maximum Gasteiger partial charge on any atom is 0.222 e. The minimum Gasteiger partial charge on any atom is -0.353 e. The molecule has 0 fully saturated rings. The van der Waals surface area contributed by atoms with E-state index in [-0.39, 0.29) is 17.9 Å². The highest BCUT2D eigenvalue weighted by molar-refractivity contribution is 5.78. The van der Waals surface area contributed by atoms with Gasteiger partial charge in [0.05, 0.1) is 0 Å². The van der Waals surface area contributed by atoms with Gasteiger partial charge in [0.25, 0.3) is 0 Å². The summed E-state index contributed by atoms with van der Waals surface area (Å²) in [6.07, 6.45) is 0.888. The molecule has 0 aliphatic rings. The summed E-state index contributed by atoms with van der Waals surface area (Å²) >= 11 is 0. The molecule has 0 aliphatic heterocycles. The fourth-order valence-corrected chi connectivity index (χ4v) is 1.43. The average Bonchev–Trinajstić information content (AvgIpc) is 2.18. The van der Waals surface area contributed by atoms with Gasteiger partial charge in [-0.1, -0.05) is 44.2 Å². The topological polar surface area (TPSA) is 29.1 Å². The molecule has 1 aromatic carbocycles. The minimum absolute atomic E-state index is 0.0585. The lowest BCUT2D eigenvalue weighted by Crippen LogP contribution is -2.36. The van der Waals surface area contributed by atoms with E-state index in [0.717, 1.165) is 6.42 Å². The Labute approximate surface area is 91.7 Å². The normalized spacial score (nSPS) is 12.5. The Bertz CT molecular complexity index is 306. The molecule has 0 aliphatic carbocycles. The van der Waals surface area contributed by atoms with Crippen molar-refractivity contribution < 1.29 is 4.79 Å². The first kappa shape index (κ1) is 11.8. The van der Waals surface area contributed by atoms with Crippen molar-refractivity contribution in [1.29, 1.82) is 0 Å². The van der Waals surface area contributed by atoms with E-state index in [9.17, 15) is 4.79 Å². The highest BCUT2D eigenvalue weighted by Gasteiger charge is 2.10.